The lowest BCUT2D eigenvalue weighted by molar-refractivity contribution is -0.111. The molecule has 7 nitrogen and oxygen atoms in total. The van der Waals surface area contributed by atoms with Gasteiger partial charge in [-0.25, -0.2) is 8.42 Å². The monoisotopic (exact) mass is 474 g/mol. The van der Waals surface area contributed by atoms with Gasteiger partial charge in [-0.15, -0.1) is 0 Å². The lowest BCUT2D eigenvalue weighted by Gasteiger charge is -2.24. The van der Waals surface area contributed by atoms with Crippen molar-refractivity contribution in [3.63, 3.8) is 0 Å². The Morgan fingerprint density at radius 2 is 1.65 bits per heavy atom. The van der Waals surface area contributed by atoms with E-state index in [1.807, 2.05) is 0 Å². The molecule has 0 aliphatic rings. The van der Waals surface area contributed by atoms with Gasteiger partial charge in [-0.3, -0.25) is 13.9 Å². The molecule has 8 heteroatoms. The van der Waals surface area contributed by atoms with Gasteiger partial charge in [-0.05, 0) is 49.4 Å². The van der Waals surface area contributed by atoms with Gasteiger partial charge in [0.15, 0.2) is 5.43 Å². The molecular weight excluding hydrogens is 452 g/mol. The molecule has 0 atom stereocenters. The average molecular weight is 475 g/mol. The fraction of sp³-hybridized carbons (Fsp3) is 0.0769. The largest absolute Gasteiger partial charge is 0.463 e. The smallest absolute Gasteiger partial charge is 0.266 e. The van der Waals surface area contributed by atoms with Gasteiger partial charge in [0.25, 0.3) is 10.0 Å². The van der Waals surface area contributed by atoms with Crippen LogP contribution in [-0.4, -0.2) is 20.9 Å². The highest BCUT2D eigenvalue weighted by Gasteiger charge is 2.26. The van der Waals surface area contributed by atoms with Crippen LogP contribution in [0.15, 0.2) is 105 Å². The molecular formula is C26H22N2O5S. The van der Waals surface area contributed by atoms with Crippen molar-refractivity contribution in [3.8, 4) is 0 Å². The number of rotatable bonds is 7. The maximum absolute atomic E-state index is 13.4. The molecule has 3 aromatic carbocycles. The minimum atomic E-state index is -3.95. The predicted molar refractivity (Wildman–Crippen MR) is 133 cm³/mol. The Bertz CT molecular complexity index is 1530. The summed E-state index contributed by atoms with van der Waals surface area (Å²) in [5, 5.41) is 3.01. The van der Waals surface area contributed by atoms with Crippen molar-refractivity contribution in [2.24, 2.45) is 0 Å². The second kappa shape index (κ2) is 9.76. The Labute approximate surface area is 197 Å². The molecule has 4 aromatic rings. The van der Waals surface area contributed by atoms with Crippen LogP contribution < -0.4 is 15.1 Å². The number of hydrogen-bond donors (Lipinski definition) is 1. The number of carbonyl (C=O) groups is 1. The van der Waals surface area contributed by atoms with Gasteiger partial charge in [0.05, 0.1) is 22.3 Å². The van der Waals surface area contributed by atoms with Gasteiger partial charge in [0.1, 0.15) is 16.7 Å². The number of amides is 1. The van der Waals surface area contributed by atoms with E-state index in [4.69, 9.17) is 4.42 Å². The molecule has 0 saturated carbocycles. The molecule has 0 aliphatic carbocycles. The molecule has 1 amide bonds. The molecule has 0 fully saturated rings. The van der Waals surface area contributed by atoms with Crippen LogP contribution in [0.25, 0.3) is 17.0 Å². The first-order chi connectivity index (χ1) is 16.4. The summed E-state index contributed by atoms with van der Waals surface area (Å²) in [6.45, 7) is 1.95. The first-order valence-electron chi connectivity index (χ1n) is 10.6. The number of anilines is 2. The topological polar surface area (TPSA) is 96.7 Å². The Morgan fingerprint density at radius 1 is 0.971 bits per heavy atom. The van der Waals surface area contributed by atoms with E-state index < -0.39 is 15.9 Å². The van der Waals surface area contributed by atoms with Gasteiger partial charge >= 0.3 is 0 Å². The van der Waals surface area contributed by atoms with Crippen molar-refractivity contribution in [1.82, 2.24) is 0 Å². The molecule has 0 aliphatic heterocycles. The number of nitrogens with one attached hydrogen (secondary N) is 1. The molecule has 0 bridgehead atoms. The third-order valence-corrected chi connectivity index (χ3v) is 7.13. The molecule has 0 spiro atoms. The zero-order valence-corrected chi connectivity index (χ0v) is 19.2. The van der Waals surface area contributed by atoms with Gasteiger partial charge < -0.3 is 9.73 Å². The number of sulfonamides is 1. The van der Waals surface area contributed by atoms with E-state index >= 15 is 0 Å². The average Bonchev–Trinajstić information content (AvgIpc) is 2.85. The summed E-state index contributed by atoms with van der Waals surface area (Å²) in [4.78, 5) is 25.2. The Morgan fingerprint density at radius 3 is 2.41 bits per heavy atom. The lowest BCUT2D eigenvalue weighted by Crippen LogP contribution is -2.31. The SMILES string of the molecule is CCN(c1ccccc1)S(=O)(=O)c1ccccc1NC(=O)/C=C/c1coc2ccccc2c1=O. The summed E-state index contributed by atoms with van der Waals surface area (Å²) in [5.74, 6) is -0.585. The van der Waals surface area contributed by atoms with E-state index in [0.29, 0.717) is 16.7 Å². The van der Waals surface area contributed by atoms with E-state index in [0.717, 1.165) is 0 Å². The number of benzene rings is 3. The maximum atomic E-state index is 13.4. The standard InChI is InChI=1S/C26H22N2O5S/c1-2-28(20-10-4-3-5-11-20)34(31,32)24-15-9-7-13-22(24)27-25(29)17-16-19-18-33-23-14-8-6-12-21(23)26(19)30/h3-18H,2H2,1H3,(H,27,29)/b17-16+. The molecule has 34 heavy (non-hydrogen) atoms. The van der Waals surface area contributed by atoms with Crippen molar-refractivity contribution >= 4 is 44.4 Å². The molecule has 0 saturated heterocycles. The normalized spacial score (nSPS) is 11.6. The molecule has 0 radical (unpaired) electrons. The van der Waals surface area contributed by atoms with Crippen LogP contribution in [-0.2, 0) is 14.8 Å². The third kappa shape index (κ3) is 4.62. The van der Waals surface area contributed by atoms with Gasteiger partial charge in [0, 0.05) is 12.6 Å². The molecule has 1 aromatic heterocycles. The van der Waals surface area contributed by atoms with Crippen LogP contribution in [0.2, 0.25) is 0 Å². The van der Waals surface area contributed by atoms with Crippen molar-refractivity contribution in [2.45, 2.75) is 11.8 Å². The van der Waals surface area contributed by atoms with Crippen molar-refractivity contribution in [2.75, 3.05) is 16.2 Å². The highest BCUT2D eigenvalue weighted by Crippen LogP contribution is 2.28. The molecule has 4 rings (SSSR count). The van der Waals surface area contributed by atoms with Crippen LogP contribution in [0, 0.1) is 0 Å². The van der Waals surface area contributed by atoms with Gasteiger partial charge in [0.2, 0.25) is 5.91 Å². The summed E-state index contributed by atoms with van der Waals surface area (Å²) < 4.78 is 33.6. The van der Waals surface area contributed by atoms with E-state index in [9.17, 15) is 18.0 Å². The molecule has 0 unspecified atom stereocenters. The maximum Gasteiger partial charge on any atom is 0.266 e. The van der Waals surface area contributed by atoms with E-state index in [-0.39, 0.29) is 28.1 Å². The van der Waals surface area contributed by atoms with Crippen molar-refractivity contribution in [1.29, 1.82) is 0 Å². The highest BCUT2D eigenvalue weighted by molar-refractivity contribution is 7.93. The Hall–Kier alpha value is -4.17. The fourth-order valence-electron chi connectivity index (χ4n) is 3.55. The number of hydrogen-bond acceptors (Lipinski definition) is 5. The van der Waals surface area contributed by atoms with Crippen LogP contribution in [0.5, 0.6) is 0 Å². The van der Waals surface area contributed by atoms with E-state index in [2.05, 4.69) is 5.32 Å². The van der Waals surface area contributed by atoms with Crippen LogP contribution in [0.3, 0.4) is 0 Å². The first kappa shape index (κ1) is 23.0. The van der Waals surface area contributed by atoms with Crippen molar-refractivity contribution < 1.29 is 17.6 Å². The Balaban J connectivity index is 1.61. The number of fused-ring (bicyclic) bond motifs is 1. The highest BCUT2D eigenvalue weighted by atomic mass is 32.2. The predicted octanol–water partition coefficient (Wildman–Crippen LogP) is 4.66. The number of carbonyl (C=O) groups excluding carboxylic acids is 1. The van der Waals surface area contributed by atoms with E-state index in [1.165, 1.54) is 34.9 Å². The van der Waals surface area contributed by atoms with Crippen molar-refractivity contribution in [3.05, 3.63) is 107 Å². The van der Waals surface area contributed by atoms with Gasteiger partial charge in [-0.1, -0.05) is 42.5 Å². The minimum Gasteiger partial charge on any atom is -0.463 e. The molecule has 1 heterocycles. The quantitative estimate of drug-likeness (QED) is 0.393. The zero-order valence-electron chi connectivity index (χ0n) is 18.3. The van der Waals surface area contributed by atoms with Crippen LogP contribution >= 0.6 is 0 Å². The summed E-state index contributed by atoms with van der Waals surface area (Å²) in [6.07, 6.45) is 3.79. The number of nitrogens with zero attached hydrogens (tertiary/aromatic N) is 1. The summed E-state index contributed by atoms with van der Waals surface area (Å²) in [7, 11) is -3.95. The fourth-order valence-corrected chi connectivity index (χ4v) is 5.17. The van der Waals surface area contributed by atoms with E-state index in [1.54, 1.807) is 73.7 Å². The second-order valence-electron chi connectivity index (χ2n) is 7.34. The number of para-hydroxylation sites is 3. The summed E-state index contributed by atoms with van der Waals surface area (Å²) in [6, 6.07) is 21.7. The Kier molecular flexibility index (Phi) is 6.60. The zero-order chi connectivity index (χ0) is 24.1. The lowest BCUT2D eigenvalue weighted by atomic mass is 10.1. The summed E-state index contributed by atoms with van der Waals surface area (Å²) >= 11 is 0. The first-order valence-corrected chi connectivity index (χ1v) is 12.0. The second-order valence-corrected chi connectivity index (χ2v) is 9.17. The molecule has 172 valence electrons. The third-order valence-electron chi connectivity index (χ3n) is 5.17. The van der Waals surface area contributed by atoms with Gasteiger partial charge in [-0.2, -0.15) is 0 Å². The minimum absolute atomic E-state index is 0.0346. The van der Waals surface area contributed by atoms with Crippen LogP contribution in [0.4, 0.5) is 11.4 Å². The molecule has 1 N–H and O–H groups in total. The summed E-state index contributed by atoms with van der Waals surface area (Å²) in [5.41, 5.74) is 1.05. The van der Waals surface area contributed by atoms with Crippen LogP contribution in [0.1, 0.15) is 12.5 Å².